The number of hydrogen-bond donors (Lipinski definition) is 2. The first-order valence-electron chi connectivity index (χ1n) is 5.78. The Balaban J connectivity index is 2.25. The Hall–Kier alpha value is -0.610. The second-order valence-corrected chi connectivity index (χ2v) is 4.15. The molecule has 1 amide bonds. The van der Waals surface area contributed by atoms with Crippen LogP contribution in [0.1, 0.15) is 32.6 Å². The number of ether oxygens (including phenoxy) is 1. The molecule has 0 aromatic carbocycles. The highest BCUT2D eigenvalue weighted by molar-refractivity contribution is 5.81. The van der Waals surface area contributed by atoms with E-state index in [4.69, 9.17) is 4.74 Å². The first-order valence-corrected chi connectivity index (χ1v) is 5.78. The zero-order valence-electron chi connectivity index (χ0n) is 9.71. The maximum absolute atomic E-state index is 11.7. The summed E-state index contributed by atoms with van der Waals surface area (Å²) in [5, 5.41) is 6.17. The Morgan fingerprint density at radius 3 is 3.07 bits per heavy atom. The number of hydrogen-bond acceptors (Lipinski definition) is 3. The highest BCUT2D eigenvalue weighted by Gasteiger charge is 2.19. The molecule has 4 nitrogen and oxygen atoms in total. The van der Waals surface area contributed by atoms with Crippen LogP contribution in [0.15, 0.2) is 0 Å². The van der Waals surface area contributed by atoms with Gasteiger partial charge in [-0.05, 0) is 26.3 Å². The first-order chi connectivity index (χ1) is 7.24. The van der Waals surface area contributed by atoms with Crippen molar-refractivity contribution in [2.45, 2.75) is 44.8 Å². The van der Waals surface area contributed by atoms with E-state index in [0.29, 0.717) is 6.54 Å². The summed E-state index contributed by atoms with van der Waals surface area (Å²) in [6.07, 6.45) is 4.58. The second-order valence-electron chi connectivity index (χ2n) is 4.15. The number of amides is 1. The molecule has 88 valence electrons. The minimum absolute atomic E-state index is 0.00319. The van der Waals surface area contributed by atoms with Crippen molar-refractivity contribution in [3.63, 3.8) is 0 Å². The zero-order valence-corrected chi connectivity index (χ0v) is 9.71. The molecular weight excluding hydrogens is 192 g/mol. The quantitative estimate of drug-likeness (QED) is 0.723. The molecular formula is C11H22N2O2. The van der Waals surface area contributed by atoms with Gasteiger partial charge in [-0.2, -0.15) is 0 Å². The summed E-state index contributed by atoms with van der Waals surface area (Å²) in [6, 6.07) is -0.00319. The Labute approximate surface area is 91.8 Å². The largest absolute Gasteiger partial charge is 0.380 e. The van der Waals surface area contributed by atoms with E-state index in [1.54, 1.807) is 7.11 Å². The fourth-order valence-electron chi connectivity index (χ4n) is 1.70. The summed E-state index contributed by atoms with van der Waals surface area (Å²) >= 11 is 0. The molecule has 2 unspecified atom stereocenters. The predicted octanol–water partition coefficient (Wildman–Crippen LogP) is 0.670. The zero-order chi connectivity index (χ0) is 11.1. The Kier molecular flexibility index (Phi) is 5.65. The molecule has 0 aromatic rings. The van der Waals surface area contributed by atoms with Crippen LogP contribution < -0.4 is 10.6 Å². The maximum atomic E-state index is 11.7. The lowest BCUT2D eigenvalue weighted by molar-refractivity contribution is -0.123. The van der Waals surface area contributed by atoms with Crippen LogP contribution in [-0.2, 0) is 9.53 Å². The molecule has 1 aliphatic heterocycles. The molecule has 0 saturated carbocycles. The lowest BCUT2D eigenvalue weighted by Crippen LogP contribution is -2.45. The fourth-order valence-corrected chi connectivity index (χ4v) is 1.70. The van der Waals surface area contributed by atoms with Crippen LogP contribution in [0.5, 0.6) is 0 Å². The third-order valence-electron chi connectivity index (χ3n) is 2.84. The van der Waals surface area contributed by atoms with Crippen LogP contribution in [0.25, 0.3) is 0 Å². The molecule has 2 N–H and O–H groups in total. The standard InChI is InChI=1S/C11H22N2O2/c1-9(15-2)8-13-11(14)10-6-4-3-5-7-12-10/h9-10,12H,3-8H2,1-2H3,(H,13,14). The summed E-state index contributed by atoms with van der Waals surface area (Å²) in [6.45, 7) is 3.49. The summed E-state index contributed by atoms with van der Waals surface area (Å²) in [5.74, 6) is 0.112. The normalized spacial score (nSPS) is 24.3. The molecule has 0 aliphatic carbocycles. The molecule has 0 bridgehead atoms. The van der Waals surface area contributed by atoms with Gasteiger partial charge >= 0.3 is 0 Å². The van der Waals surface area contributed by atoms with Crippen molar-refractivity contribution < 1.29 is 9.53 Å². The van der Waals surface area contributed by atoms with Crippen LogP contribution in [0, 0.1) is 0 Å². The van der Waals surface area contributed by atoms with Gasteiger partial charge in [0.05, 0.1) is 12.1 Å². The van der Waals surface area contributed by atoms with Gasteiger partial charge < -0.3 is 15.4 Å². The van der Waals surface area contributed by atoms with Crippen LogP contribution in [0.4, 0.5) is 0 Å². The van der Waals surface area contributed by atoms with E-state index < -0.39 is 0 Å². The average molecular weight is 214 g/mol. The van der Waals surface area contributed by atoms with E-state index in [2.05, 4.69) is 10.6 Å². The molecule has 1 rings (SSSR count). The molecule has 0 spiro atoms. The van der Waals surface area contributed by atoms with Gasteiger partial charge in [0.2, 0.25) is 5.91 Å². The van der Waals surface area contributed by atoms with Crippen molar-refractivity contribution in [1.29, 1.82) is 0 Å². The van der Waals surface area contributed by atoms with Crippen LogP contribution in [-0.4, -0.2) is 38.3 Å². The first kappa shape index (κ1) is 12.5. The molecule has 2 atom stereocenters. The summed E-state index contributed by atoms with van der Waals surface area (Å²) in [5.41, 5.74) is 0. The molecule has 0 radical (unpaired) electrons. The molecule has 15 heavy (non-hydrogen) atoms. The fraction of sp³-hybridized carbons (Fsp3) is 0.909. The summed E-state index contributed by atoms with van der Waals surface area (Å²) in [7, 11) is 1.65. The number of carbonyl (C=O) groups is 1. The summed E-state index contributed by atoms with van der Waals surface area (Å²) in [4.78, 5) is 11.7. The number of rotatable bonds is 4. The van der Waals surface area contributed by atoms with E-state index in [1.165, 1.54) is 12.8 Å². The van der Waals surface area contributed by atoms with Gasteiger partial charge in [-0.3, -0.25) is 4.79 Å². The Morgan fingerprint density at radius 2 is 2.33 bits per heavy atom. The Bertz CT molecular complexity index is 189. The molecule has 1 heterocycles. The highest BCUT2D eigenvalue weighted by Crippen LogP contribution is 2.08. The van der Waals surface area contributed by atoms with Crippen molar-refractivity contribution in [1.82, 2.24) is 10.6 Å². The molecule has 1 fully saturated rings. The molecule has 1 saturated heterocycles. The Morgan fingerprint density at radius 1 is 1.53 bits per heavy atom. The minimum atomic E-state index is -0.00319. The smallest absolute Gasteiger partial charge is 0.237 e. The summed E-state index contributed by atoms with van der Waals surface area (Å²) < 4.78 is 5.08. The highest BCUT2D eigenvalue weighted by atomic mass is 16.5. The van der Waals surface area contributed by atoms with Crippen LogP contribution in [0.2, 0.25) is 0 Å². The van der Waals surface area contributed by atoms with Crippen LogP contribution in [0.3, 0.4) is 0 Å². The van der Waals surface area contributed by atoms with Gasteiger partial charge in [0.15, 0.2) is 0 Å². The van der Waals surface area contributed by atoms with Crippen LogP contribution >= 0.6 is 0 Å². The SMILES string of the molecule is COC(C)CNC(=O)C1CCCCCN1. The van der Waals surface area contributed by atoms with E-state index in [1.807, 2.05) is 6.92 Å². The third-order valence-corrected chi connectivity index (χ3v) is 2.84. The predicted molar refractivity (Wildman–Crippen MR) is 59.7 cm³/mol. The van der Waals surface area contributed by atoms with Crippen molar-refractivity contribution in [3.05, 3.63) is 0 Å². The van der Waals surface area contributed by atoms with E-state index in [0.717, 1.165) is 19.4 Å². The molecule has 1 aliphatic rings. The third kappa shape index (κ3) is 4.62. The minimum Gasteiger partial charge on any atom is -0.380 e. The number of carbonyl (C=O) groups excluding carboxylic acids is 1. The van der Waals surface area contributed by atoms with Crippen molar-refractivity contribution in [3.8, 4) is 0 Å². The van der Waals surface area contributed by atoms with Gasteiger partial charge in [-0.25, -0.2) is 0 Å². The molecule has 4 heteroatoms. The lowest BCUT2D eigenvalue weighted by atomic mass is 10.1. The topological polar surface area (TPSA) is 50.4 Å². The van der Waals surface area contributed by atoms with Gasteiger partial charge in [0, 0.05) is 13.7 Å². The van der Waals surface area contributed by atoms with Crippen molar-refractivity contribution in [2.24, 2.45) is 0 Å². The lowest BCUT2D eigenvalue weighted by Gasteiger charge is -2.17. The van der Waals surface area contributed by atoms with Gasteiger partial charge in [-0.1, -0.05) is 12.8 Å². The van der Waals surface area contributed by atoms with Gasteiger partial charge in [-0.15, -0.1) is 0 Å². The maximum Gasteiger partial charge on any atom is 0.237 e. The van der Waals surface area contributed by atoms with Crippen molar-refractivity contribution >= 4 is 5.91 Å². The molecule has 0 aromatic heterocycles. The van der Waals surface area contributed by atoms with Crippen molar-refractivity contribution in [2.75, 3.05) is 20.2 Å². The number of nitrogens with one attached hydrogen (secondary N) is 2. The number of methoxy groups -OCH3 is 1. The average Bonchev–Trinajstić information content (AvgIpc) is 2.53. The van der Waals surface area contributed by atoms with Gasteiger partial charge in [0.25, 0.3) is 0 Å². The van der Waals surface area contributed by atoms with Gasteiger partial charge in [0.1, 0.15) is 0 Å². The van der Waals surface area contributed by atoms with E-state index >= 15 is 0 Å². The monoisotopic (exact) mass is 214 g/mol. The second kappa shape index (κ2) is 6.80. The van der Waals surface area contributed by atoms with E-state index in [9.17, 15) is 4.79 Å². The van der Waals surface area contributed by atoms with E-state index in [-0.39, 0.29) is 18.1 Å².